The van der Waals surface area contributed by atoms with Crippen LogP contribution in [0.15, 0.2) is 84.9 Å². The van der Waals surface area contributed by atoms with Crippen LogP contribution < -0.4 is 20.7 Å². The van der Waals surface area contributed by atoms with E-state index in [9.17, 15) is 4.79 Å². The van der Waals surface area contributed by atoms with Gasteiger partial charge in [0.15, 0.2) is 5.69 Å². The van der Waals surface area contributed by atoms with Crippen LogP contribution in [0.2, 0.25) is 0 Å². The van der Waals surface area contributed by atoms with Crippen LogP contribution >= 0.6 is 0 Å². The van der Waals surface area contributed by atoms with Crippen LogP contribution in [0, 0.1) is 0 Å². The van der Waals surface area contributed by atoms with Crippen molar-refractivity contribution in [2.24, 2.45) is 5.84 Å². The van der Waals surface area contributed by atoms with Crippen molar-refractivity contribution in [3.63, 3.8) is 0 Å². The summed E-state index contributed by atoms with van der Waals surface area (Å²) >= 11 is 0. The first kappa shape index (κ1) is 19.2. The smallest absolute Gasteiger partial charge is 0.285 e. The van der Waals surface area contributed by atoms with E-state index in [1.165, 1.54) is 0 Å². The number of amides is 1. The zero-order valence-corrected chi connectivity index (χ0v) is 16.3. The predicted molar refractivity (Wildman–Crippen MR) is 114 cm³/mol. The summed E-state index contributed by atoms with van der Waals surface area (Å²) in [6.45, 7) is 0. The molecule has 0 fully saturated rings. The zero-order chi connectivity index (χ0) is 20.9. The Morgan fingerprint density at radius 3 is 2.17 bits per heavy atom. The van der Waals surface area contributed by atoms with Crippen LogP contribution in [0.1, 0.15) is 10.5 Å². The molecule has 0 spiro atoms. The number of hydrogen-bond donors (Lipinski definition) is 2. The maximum absolute atomic E-state index is 12.0. The van der Waals surface area contributed by atoms with E-state index in [0.29, 0.717) is 5.75 Å². The SMILES string of the molecule is COc1ccc(-n2nc(C(=O)NN)cc2-c2ccc(Oc3ccccc3)cc2)cc1. The van der Waals surface area contributed by atoms with Crippen molar-refractivity contribution in [1.29, 1.82) is 0 Å². The van der Waals surface area contributed by atoms with Gasteiger partial charge in [0, 0.05) is 5.56 Å². The molecule has 0 aliphatic carbocycles. The number of ether oxygens (including phenoxy) is 2. The Labute approximate surface area is 173 Å². The molecule has 0 aliphatic rings. The van der Waals surface area contributed by atoms with Crippen LogP contribution in [0.3, 0.4) is 0 Å². The third-order valence-electron chi connectivity index (χ3n) is 4.52. The van der Waals surface area contributed by atoms with E-state index < -0.39 is 5.91 Å². The van der Waals surface area contributed by atoms with Crippen molar-refractivity contribution in [2.75, 3.05) is 7.11 Å². The number of benzene rings is 3. The van der Waals surface area contributed by atoms with Crippen molar-refractivity contribution < 1.29 is 14.3 Å². The van der Waals surface area contributed by atoms with E-state index >= 15 is 0 Å². The maximum atomic E-state index is 12.0. The van der Waals surface area contributed by atoms with Crippen molar-refractivity contribution in [1.82, 2.24) is 15.2 Å². The molecule has 150 valence electrons. The minimum Gasteiger partial charge on any atom is -0.497 e. The number of hydrazine groups is 1. The molecule has 0 bridgehead atoms. The highest BCUT2D eigenvalue weighted by molar-refractivity contribution is 5.93. The van der Waals surface area contributed by atoms with Gasteiger partial charge < -0.3 is 9.47 Å². The summed E-state index contributed by atoms with van der Waals surface area (Å²) < 4.78 is 12.8. The Balaban J connectivity index is 1.69. The molecular weight excluding hydrogens is 380 g/mol. The summed E-state index contributed by atoms with van der Waals surface area (Å²) in [4.78, 5) is 12.0. The Morgan fingerprint density at radius 1 is 0.900 bits per heavy atom. The molecule has 0 saturated carbocycles. The Kier molecular flexibility index (Phi) is 5.45. The van der Waals surface area contributed by atoms with Gasteiger partial charge in [0.05, 0.1) is 18.5 Å². The molecule has 0 atom stereocenters. The minimum atomic E-state index is -0.465. The van der Waals surface area contributed by atoms with Gasteiger partial charge in [0.25, 0.3) is 5.91 Å². The van der Waals surface area contributed by atoms with Gasteiger partial charge in [-0.2, -0.15) is 5.10 Å². The number of nitrogen functional groups attached to an aromatic ring is 1. The van der Waals surface area contributed by atoms with Crippen molar-refractivity contribution >= 4 is 5.91 Å². The summed E-state index contributed by atoms with van der Waals surface area (Å²) in [5.74, 6) is 7.02. The van der Waals surface area contributed by atoms with Crippen LogP contribution in [0.4, 0.5) is 0 Å². The van der Waals surface area contributed by atoms with Crippen LogP contribution in [0.5, 0.6) is 17.2 Å². The predicted octanol–water partition coefficient (Wildman–Crippen LogP) is 3.94. The lowest BCUT2D eigenvalue weighted by Gasteiger charge is -2.10. The number of carbonyl (C=O) groups excluding carboxylic acids is 1. The molecule has 1 aromatic heterocycles. The highest BCUT2D eigenvalue weighted by Crippen LogP contribution is 2.28. The summed E-state index contributed by atoms with van der Waals surface area (Å²) in [5, 5.41) is 4.43. The van der Waals surface area contributed by atoms with E-state index in [1.54, 1.807) is 17.9 Å². The van der Waals surface area contributed by atoms with E-state index in [2.05, 4.69) is 10.5 Å². The highest BCUT2D eigenvalue weighted by Gasteiger charge is 2.16. The Bertz CT molecular complexity index is 1140. The Hall–Kier alpha value is -4.10. The molecule has 1 amide bonds. The molecular formula is C23H20N4O3. The lowest BCUT2D eigenvalue weighted by molar-refractivity contribution is 0.0948. The average molecular weight is 400 g/mol. The molecule has 7 heteroatoms. The number of carbonyl (C=O) groups is 1. The molecule has 7 nitrogen and oxygen atoms in total. The number of nitrogens with two attached hydrogens (primary N) is 1. The van der Waals surface area contributed by atoms with Crippen molar-refractivity contribution in [3.05, 3.63) is 90.6 Å². The van der Waals surface area contributed by atoms with Crippen LogP contribution in [0.25, 0.3) is 16.9 Å². The normalized spacial score (nSPS) is 10.5. The number of methoxy groups -OCH3 is 1. The average Bonchev–Trinajstić information content (AvgIpc) is 3.25. The van der Waals surface area contributed by atoms with E-state index in [-0.39, 0.29) is 5.69 Å². The third kappa shape index (κ3) is 4.01. The number of para-hydroxylation sites is 1. The molecule has 30 heavy (non-hydrogen) atoms. The summed E-state index contributed by atoms with van der Waals surface area (Å²) in [7, 11) is 1.61. The fraction of sp³-hybridized carbons (Fsp3) is 0.0435. The van der Waals surface area contributed by atoms with Gasteiger partial charge >= 0.3 is 0 Å². The molecule has 1 heterocycles. The largest absolute Gasteiger partial charge is 0.497 e. The molecule has 0 unspecified atom stereocenters. The first-order chi connectivity index (χ1) is 14.7. The summed E-state index contributed by atoms with van der Waals surface area (Å²) in [5.41, 5.74) is 4.74. The fourth-order valence-corrected chi connectivity index (χ4v) is 3.01. The topological polar surface area (TPSA) is 91.4 Å². The minimum absolute atomic E-state index is 0.216. The summed E-state index contributed by atoms with van der Waals surface area (Å²) in [6, 6.07) is 26.2. The standard InChI is InChI=1S/C23H20N4O3/c1-29-18-13-9-17(10-14-18)27-22(15-21(26-27)23(28)25-24)16-7-11-20(12-8-16)30-19-5-3-2-4-6-19/h2-15H,24H2,1H3,(H,25,28). The van der Waals surface area contributed by atoms with E-state index in [0.717, 1.165) is 28.4 Å². The van der Waals surface area contributed by atoms with Gasteiger partial charge in [-0.1, -0.05) is 18.2 Å². The van der Waals surface area contributed by atoms with Gasteiger partial charge in [-0.05, 0) is 66.7 Å². The number of nitrogens with zero attached hydrogens (tertiary/aromatic N) is 2. The van der Waals surface area contributed by atoms with Gasteiger partial charge in [-0.25, -0.2) is 10.5 Å². The van der Waals surface area contributed by atoms with E-state index in [4.69, 9.17) is 15.3 Å². The zero-order valence-electron chi connectivity index (χ0n) is 16.3. The quantitative estimate of drug-likeness (QED) is 0.291. The Morgan fingerprint density at radius 2 is 1.53 bits per heavy atom. The maximum Gasteiger partial charge on any atom is 0.285 e. The molecule has 4 aromatic rings. The monoisotopic (exact) mass is 400 g/mol. The first-order valence-corrected chi connectivity index (χ1v) is 9.27. The molecule has 0 aliphatic heterocycles. The first-order valence-electron chi connectivity index (χ1n) is 9.27. The van der Waals surface area contributed by atoms with Crippen molar-refractivity contribution in [3.8, 4) is 34.2 Å². The second kappa shape index (κ2) is 8.50. The summed E-state index contributed by atoms with van der Waals surface area (Å²) in [6.07, 6.45) is 0. The molecule has 3 aromatic carbocycles. The number of nitrogens with one attached hydrogen (secondary N) is 1. The van der Waals surface area contributed by atoms with Gasteiger partial charge in [0.2, 0.25) is 0 Å². The van der Waals surface area contributed by atoms with Gasteiger partial charge in [-0.3, -0.25) is 10.2 Å². The van der Waals surface area contributed by atoms with Gasteiger partial charge in [-0.15, -0.1) is 0 Å². The highest BCUT2D eigenvalue weighted by atomic mass is 16.5. The fourth-order valence-electron chi connectivity index (χ4n) is 3.01. The lowest BCUT2D eigenvalue weighted by Crippen LogP contribution is -2.30. The number of rotatable bonds is 6. The van der Waals surface area contributed by atoms with Gasteiger partial charge in [0.1, 0.15) is 17.2 Å². The molecule has 0 saturated heterocycles. The van der Waals surface area contributed by atoms with Crippen LogP contribution in [-0.4, -0.2) is 22.8 Å². The molecule has 4 rings (SSSR count). The molecule has 0 radical (unpaired) electrons. The number of aromatic nitrogens is 2. The van der Waals surface area contributed by atoms with E-state index in [1.807, 2.05) is 78.9 Å². The second-order valence-corrected chi connectivity index (χ2v) is 6.44. The lowest BCUT2D eigenvalue weighted by atomic mass is 10.1. The second-order valence-electron chi connectivity index (χ2n) is 6.44. The van der Waals surface area contributed by atoms with Crippen molar-refractivity contribution in [2.45, 2.75) is 0 Å². The third-order valence-corrected chi connectivity index (χ3v) is 4.52. The molecule has 3 N–H and O–H groups in total. The van der Waals surface area contributed by atoms with Crippen LogP contribution in [-0.2, 0) is 0 Å². The number of hydrogen-bond acceptors (Lipinski definition) is 5.